The normalized spacial score (nSPS) is 13.6. The van der Waals surface area contributed by atoms with Crippen LogP contribution in [-0.4, -0.2) is 53.7 Å². The molecule has 0 spiro atoms. The molecular formula is C26H32N2O5. The van der Waals surface area contributed by atoms with Crippen LogP contribution in [0.25, 0.3) is 11.1 Å². The van der Waals surface area contributed by atoms with Crippen molar-refractivity contribution in [1.82, 2.24) is 10.2 Å². The number of alkyl carbamates (subject to hydrolysis) is 1. The molecule has 1 atom stereocenters. The highest BCUT2D eigenvalue weighted by Crippen LogP contribution is 2.44. The second kappa shape index (κ2) is 10.1. The Labute approximate surface area is 194 Å². The fraction of sp³-hybridized carbons (Fsp3) is 0.423. The van der Waals surface area contributed by atoms with E-state index in [2.05, 4.69) is 29.6 Å². The third kappa shape index (κ3) is 5.18. The first-order valence-corrected chi connectivity index (χ1v) is 11.3. The predicted octanol–water partition coefficient (Wildman–Crippen LogP) is 4.26. The first-order chi connectivity index (χ1) is 15.7. The molecular weight excluding hydrogens is 420 g/mol. The number of carboxylic acid groups (broad SMARTS) is 1. The maximum atomic E-state index is 12.6. The number of benzene rings is 2. The van der Waals surface area contributed by atoms with Crippen LogP contribution in [0.2, 0.25) is 0 Å². The third-order valence-electron chi connectivity index (χ3n) is 6.66. The molecule has 2 aromatic rings. The predicted molar refractivity (Wildman–Crippen MR) is 126 cm³/mol. The molecule has 0 radical (unpaired) electrons. The van der Waals surface area contributed by atoms with Crippen LogP contribution >= 0.6 is 0 Å². The van der Waals surface area contributed by atoms with Gasteiger partial charge in [0, 0.05) is 25.9 Å². The summed E-state index contributed by atoms with van der Waals surface area (Å²) in [6.07, 6.45) is 0.284. The number of ether oxygens (including phenoxy) is 1. The first kappa shape index (κ1) is 24.3. The van der Waals surface area contributed by atoms with Gasteiger partial charge in [0.25, 0.3) is 0 Å². The molecule has 7 heteroatoms. The van der Waals surface area contributed by atoms with Gasteiger partial charge in [-0.3, -0.25) is 4.79 Å². The molecule has 0 aromatic heterocycles. The number of amides is 2. The van der Waals surface area contributed by atoms with Gasteiger partial charge in [-0.05, 0) is 42.0 Å². The van der Waals surface area contributed by atoms with Gasteiger partial charge in [0.05, 0.1) is 0 Å². The molecule has 2 amide bonds. The number of carbonyl (C=O) groups excluding carboxylic acids is 2. The van der Waals surface area contributed by atoms with Gasteiger partial charge in [0.15, 0.2) is 0 Å². The summed E-state index contributed by atoms with van der Waals surface area (Å²) < 4.78 is 5.55. The zero-order valence-electron chi connectivity index (χ0n) is 19.6. The van der Waals surface area contributed by atoms with Crippen molar-refractivity contribution < 1.29 is 24.2 Å². The summed E-state index contributed by atoms with van der Waals surface area (Å²) in [4.78, 5) is 37.6. The first-order valence-electron chi connectivity index (χ1n) is 11.3. The van der Waals surface area contributed by atoms with Crippen LogP contribution in [0.1, 0.15) is 50.7 Å². The highest BCUT2D eigenvalue weighted by Gasteiger charge is 2.35. The molecule has 0 aliphatic heterocycles. The molecule has 0 heterocycles. The van der Waals surface area contributed by atoms with Crippen LogP contribution in [0, 0.1) is 5.92 Å². The lowest BCUT2D eigenvalue weighted by Gasteiger charge is -2.32. The highest BCUT2D eigenvalue weighted by atomic mass is 16.5. The molecule has 176 valence electrons. The highest BCUT2D eigenvalue weighted by molar-refractivity contribution is 5.86. The van der Waals surface area contributed by atoms with E-state index in [1.807, 2.05) is 31.2 Å². The van der Waals surface area contributed by atoms with Crippen molar-refractivity contribution in [3.63, 3.8) is 0 Å². The summed E-state index contributed by atoms with van der Waals surface area (Å²) in [6.45, 7) is 5.41. The van der Waals surface area contributed by atoms with Crippen molar-refractivity contribution in [2.45, 2.75) is 45.1 Å². The largest absolute Gasteiger partial charge is 0.480 e. The van der Waals surface area contributed by atoms with E-state index in [0.717, 1.165) is 11.1 Å². The maximum absolute atomic E-state index is 12.6. The number of hydrogen-bond donors (Lipinski definition) is 2. The summed E-state index contributed by atoms with van der Waals surface area (Å²) in [5.74, 6) is -1.48. The number of hydrogen-bond acceptors (Lipinski definition) is 4. The number of nitrogens with one attached hydrogen (secondary N) is 1. The SMILES string of the molecule is CCC(CNC(=O)OCC1c2ccccc2-c2ccccc21)CC(=O)N(C)C(C)(C)C(=O)O. The van der Waals surface area contributed by atoms with Crippen LogP contribution < -0.4 is 5.32 Å². The number of nitrogens with zero attached hydrogens (tertiary/aromatic N) is 1. The Kier molecular flexibility index (Phi) is 7.41. The van der Waals surface area contributed by atoms with Crippen molar-refractivity contribution in [2.24, 2.45) is 5.92 Å². The summed E-state index contributed by atoms with van der Waals surface area (Å²) in [6, 6.07) is 16.3. The number of carbonyl (C=O) groups is 3. The van der Waals surface area contributed by atoms with E-state index in [1.54, 1.807) is 0 Å². The molecule has 33 heavy (non-hydrogen) atoms. The molecule has 3 rings (SSSR count). The lowest BCUT2D eigenvalue weighted by atomic mass is 9.98. The van der Waals surface area contributed by atoms with Crippen molar-refractivity contribution in [2.75, 3.05) is 20.2 Å². The van der Waals surface area contributed by atoms with Gasteiger partial charge < -0.3 is 20.1 Å². The van der Waals surface area contributed by atoms with Gasteiger partial charge in [-0.2, -0.15) is 0 Å². The van der Waals surface area contributed by atoms with Crippen molar-refractivity contribution >= 4 is 18.0 Å². The molecule has 0 fully saturated rings. The third-order valence-corrected chi connectivity index (χ3v) is 6.66. The molecule has 1 unspecified atom stereocenters. The van der Waals surface area contributed by atoms with Crippen LogP contribution in [-0.2, 0) is 14.3 Å². The molecule has 7 nitrogen and oxygen atoms in total. The lowest BCUT2D eigenvalue weighted by molar-refractivity contribution is -0.155. The molecule has 2 N–H and O–H groups in total. The Balaban J connectivity index is 1.54. The van der Waals surface area contributed by atoms with E-state index >= 15 is 0 Å². The van der Waals surface area contributed by atoms with E-state index in [-0.39, 0.29) is 37.3 Å². The Bertz CT molecular complexity index is 987. The smallest absolute Gasteiger partial charge is 0.407 e. The lowest BCUT2D eigenvalue weighted by Crippen LogP contribution is -2.51. The van der Waals surface area contributed by atoms with E-state index in [0.29, 0.717) is 6.42 Å². The fourth-order valence-corrected chi connectivity index (χ4v) is 4.08. The summed E-state index contributed by atoms with van der Waals surface area (Å²) in [7, 11) is 1.49. The molecule has 1 aliphatic rings. The van der Waals surface area contributed by atoms with Crippen LogP contribution in [0.5, 0.6) is 0 Å². The van der Waals surface area contributed by atoms with Crippen molar-refractivity contribution in [3.8, 4) is 11.1 Å². The number of carboxylic acids is 1. The van der Waals surface area contributed by atoms with E-state index in [4.69, 9.17) is 4.74 Å². The van der Waals surface area contributed by atoms with Crippen LogP contribution in [0.4, 0.5) is 4.79 Å². The zero-order valence-corrected chi connectivity index (χ0v) is 19.6. The Morgan fingerprint density at radius 3 is 2.12 bits per heavy atom. The Morgan fingerprint density at radius 2 is 1.61 bits per heavy atom. The summed E-state index contributed by atoms with van der Waals surface area (Å²) in [5, 5.41) is 12.1. The average molecular weight is 453 g/mol. The average Bonchev–Trinajstić information content (AvgIpc) is 3.13. The van der Waals surface area contributed by atoms with Gasteiger partial charge in [0.2, 0.25) is 5.91 Å². The Hall–Kier alpha value is -3.35. The summed E-state index contributed by atoms with van der Waals surface area (Å²) in [5.41, 5.74) is 3.33. The Morgan fingerprint density at radius 1 is 1.06 bits per heavy atom. The van der Waals surface area contributed by atoms with Gasteiger partial charge in [0.1, 0.15) is 12.1 Å². The van der Waals surface area contributed by atoms with Crippen LogP contribution in [0.3, 0.4) is 0 Å². The van der Waals surface area contributed by atoms with E-state index < -0.39 is 17.6 Å². The van der Waals surface area contributed by atoms with Crippen molar-refractivity contribution in [1.29, 1.82) is 0 Å². The van der Waals surface area contributed by atoms with Crippen LogP contribution in [0.15, 0.2) is 48.5 Å². The standard InChI is InChI=1S/C26H32N2O5/c1-5-17(14-23(29)28(4)26(2,3)24(30)31)15-27-25(32)33-16-22-20-12-8-6-10-18(20)19-11-7-9-13-21(19)22/h6-13,17,22H,5,14-16H2,1-4H3,(H,27,32)(H,30,31). The second-order valence-electron chi connectivity index (χ2n) is 9.00. The molecule has 0 bridgehead atoms. The number of likely N-dealkylation sites (N-methyl/N-ethyl adjacent to an activating group) is 1. The fourth-order valence-electron chi connectivity index (χ4n) is 4.08. The minimum Gasteiger partial charge on any atom is -0.480 e. The molecule has 0 saturated carbocycles. The van der Waals surface area contributed by atoms with Gasteiger partial charge in [-0.25, -0.2) is 9.59 Å². The quantitative estimate of drug-likeness (QED) is 0.593. The number of rotatable bonds is 9. The van der Waals surface area contributed by atoms with Gasteiger partial charge in [-0.15, -0.1) is 0 Å². The number of fused-ring (bicyclic) bond motifs is 3. The monoisotopic (exact) mass is 452 g/mol. The summed E-state index contributed by atoms with van der Waals surface area (Å²) >= 11 is 0. The minimum atomic E-state index is -1.30. The number of aliphatic carboxylic acids is 1. The van der Waals surface area contributed by atoms with Gasteiger partial charge >= 0.3 is 12.1 Å². The van der Waals surface area contributed by atoms with E-state index in [9.17, 15) is 19.5 Å². The second-order valence-corrected chi connectivity index (χ2v) is 9.00. The molecule has 0 saturated heterocycles. The maximum Gasteiger partial charge on any atom is 0.407 e. The van der Waals surface area contributed by atoms with Crippen molar-refractivity contribution in [3.05, 3.63) is 59.7 Å². The zero-order chi connectivity index (χ0) is 24.2. The molecule has 2 aromatic carbocycles. The van der Waals surface area contributed by atoms with Gasteiger partial charge in [-0.1, -0.05) is 61.9 Å². The molecule has 1 aliphatic carbocycles. The minimum absolute atomic E-state index is 0.0152. The topological polar surface area (TPSA) is 95.9 Å². The van der Waals surface area contributed by atoms with E-state index in [1.165, 1.54) is 36.9 Å².